The van der Waals surface area contributed by atoms with Crippen LogP contribution in [-0.2, 0) is 4.79 Å². The summed E-state index contributed by atoms with van der Waals surface area (Å²) >= 11 is 0. The standard InChI is InChI=1S/C18H16N4O5/c1-26-16-7-6-13(9-17(16)27-2)20-11-12(10-19)18(23)21-14-4-3-5-15(8-14)22(24)25/h3-9,11,20H,1-2H3,(H,21,23)/b12-11-. The van der Waals surface area contributed by atoms with E-state index in [4.69, 9.17) is 9.47 Å². The summed E-state index contributed by atoms with van der Waals surface area (Å²) < 4.78 is 10.3. The number of carbonyl (C=O) groups excluding carboxylic acids is 1. The molecule has 9 heteroatoms. The Bertz CT molecular complexity index is 934. The monoisotopic (exact) mass is 368 g/mol. The number of non-ortho nitro benzene ring substituents is 1. The van der Waals surface area contributed by atoms with E-state index >= 15 is 0 Å². The van der Waals surface area contributed by atoms with Crippen molar-refractivity contribution in [1.82, 2.24) is 0 Å². The van der Waals surface area contributed by atoms with Gasteiger partial charge in [0, 0.05) is 35.8 Å². The summed E-state index contributed by atoms with van der Waals surface area (Å²) in [5.74, 6) is 0.317. The molecular weight excluding hydrogens is 352 g/mol. The van der Waals surface area contributed by atoms with Crippen LogP contribution in [0.5, 0.6) is 11.5 Å². The first-order valence-corrected chi connectivity index (χ1v) is 7.63. The van der Waals surface area contributed by atoms with E-state index in [1.165, 1.54) is 44.7 Å². The van der Waals surface area contributed by atoms with Gasteiger partial charge in [-0.3, -0.25) is 14.9 Å². The van der Waals surface area contributed by atoms with E-state index < -0.39 is 10.8 Å². The molecule has 2 rings (SSSR count). The maximum Gasteiger partial charge on any atom is 0.271 e. The molecule has 0 radical (unpaired) electrons. The third-order valence-electron chi connectivity index (χ3n) is 3.45. The van der Waals surface area contributed by atoms with Crippen molar-refractivity contribution in [2.24, 2.45) is 0 Å². The van der Waals surface area contributed by atoms with Crippen molar-refractivity contribution in [2.45, 2.75) is 0 Å². The summed E-state index contributed by atoms with van der Waals surface area (Å²) in [5, 5.41) is 25.3. The lowest BCUT2D eigenvalue weighted by molar-refractivity contribution is -0.384. The van der Waals surface area contributed by atoms with Crippen LogP contribution in [0.25, 0.3) is 0 Å². The minimum atomic E-state index is -0.703. The Labute approximate surface area is 155 Å². The molecule has 2 aromatic carbocycles. The molecule has 0 aromatic heterocycles. The summed E-state index contributed by atoms with van der Waals surface area (Å²) in [6.45, 7) is 0. The maximum atomic E-state index is 12.2. The summed E-state index contributed by atoms with van der Waals surface area (Å²) in [4.78, 5) is 22.4. The number of ether oxygens (including phenoxy) is 2. The molecule has 0 aliphatic carbocycles. The number of methoxy groups -OCH3 is 2. The highest BCUT2D eigenvalue weighted by molar-refractivity contribution is 6.06. The number of hydrogen-bond donors (Lipinski definition) is 2. The zero-order valence-corrected chi connectivity index (χ0v) is 14.6. The van der Waals surface area contributed by atoms with Crippen LogP contribution in [-0.4, -0.2) is 25.1 Å². The predicted octanol–water partition coefficient (Wildman–Crippen LogP) is 3.07. The predicted molar refractivity (Wildman–Crippen MR) is 98.6 cm³/mol. The molecule has 0 spiro atoms. The van der Waals surface area contributed by atoms with Crippen molar-refractivity contribution in [3.8, 4) is 17.6 Å². The molecular formula is C18H16N4O5. The fraction of sp³-hybridized carbons (Fsp3) is 0.111. The number of hydrogen-bond acceptors (Lipinski definition) is 7. The van der Waals surface area contributed by atoms with Gasteiger partial charge >= 0.3 is 0 Å². The Kier molecular flexibility index (Phi) is 6.33. The van der Waals surface area contributed by atoms with Crippen molar-refractivity contribution in [1.29, 1.82) is 5.26 Å². The average molecular weight is 368 g/mol. The Morgan fingerprint density at radius 2 is 1.89 bits per heavy atom. The van der Waals surface area contributed by atoms with E-state index in [9.17, 15) is 20.2 Å². The lowest BCUT2D eigenvalue weighted by atomic mass is 10.2. The molecule has 0 bridgehead atoms. The minimum absolute atomic E-state index is 0.168. The normalized spacial score (nSPS) is 10.5. The maximum absolute atomic E-state index is 12.2. The lowest BCUT2D eigenvalue weighted by Crippen LogP contribution is -2.14. The van der Waals surface area contributed by atoms with Crippen LogP contribution in [0.1, 0.15) is 0 Å². The van der Waals surface area contributed by atoms with Gasteiger partial charge in [-0.1, -0.05) is 6.07 Å². The molecule has 0 saturated heterocycles. The van der Waals surface area contributed by atoms with Gasteiger partial charge in [-0.05, 0) is 18.2 Å². The van der Waals surface area contributed by atoms with Gasteiger partial charge in [-0.15, -0.1) is 0 Å². The van der Waals surface area contributed by atoms with Crippen LogP contribution < -0.4 is 20.1 Å². The molecule has 0 saturated carbocycles. The van der Waals surface area contributed by atoms with Crippen molar-refractivity contribution >= 4 is 23.0 Å². The van der Waals surface area contributed by atoms with Gasteiger partial charge in [0.1, 0.15) is 11.6 Å². The van der Waals surface area contributed by atoms with Crippen molar-refractivity contribution < 1.29 is 19.2 Å². The highest BCUT2D eigenvalue weighted by atomic mass is 16.6. The number of rotatable bonds is 7. The number of nitro groups is 1. The Hall–Kier alpha value is -4.06. The molecule has 0 atom stereocenters. The Morgan fingerprint density at radius 1 is 1.15 bits per heavy atom. The number of nitriles is 1. The van der Waals surface area contributed by atoms with Crippen molar-refractivity contribution in [3.05, 3.63) is 64.4 Å². The lowest BCUT2D eigenvalue weighted by Gasteiger charge is -2.09. The van der Waals surface area contributed by atoms with Crippen LogP contribution in [0, 0.1) is 21.4 Å². The van der Waals surface area contributed by atoms with Gasteiger partial charge < -0.3 is 20.1 Å². The molecule has 27 heavy (non-hydrogen) atoms. The zero-order chi connectivity index (χ0) is 19.8. The fourth-order valence-electron chi connectivity index (χ4n) is 2.13. The van der Waals surface area contributed by atoms with Gasteiger partial charge in [0.25, 0.3) is 11.6 Å². The topological polar surface area (TPSA) is 127 Å². The Balaban J connectivity index is 2.14. The van der Waals surface area contributed by atoms with E-state index in [0.29, 0.717) is 17.2 Å². The number of amides is 1. The first kappa shape index (κ1) is 19.3. The molecule has 9 nitrogen and oxygen atoms in total. The van der Waals surface area contributed by atoms with Crippen LogP contribution in [0.4, 0.5) is 17.1 Å². The molecule has 2 N–H and O–H groups in total. The molecule has 1 amide bonds. The van der Waals surface area contributed by atoms with Crippen molar-refractivity contribution in [3.63, 3.8) is 0 Å². The first-order valence-electron chi connectivity index (χ1n) is 7.63. The summed E-state index contributed by atoms with van der Waals surface area (Å²) in [5.41, 5.74) is 0.403. The molecule has 0 fully saturated rings. The zero-order valence-electron chi connectivity index (χ0n) is 14.6. The number of nitro benzene ring substituents is 1. The smallest absolute Gasteiger partial charge is 0.271 e. The second kappa shape index (κ2) is 8.87. The molecule has 0 aliphatic rings. The SMILES string of the molecule is COc1ccc(N/C=C(/C#N)C(=O)Nc2cccc([N+](=O)[O-])c2)cc1OC. The molecule has 0 heterocycles. The second-order valence-electron chi connectivity index (χ2n) is 5.15. The fourth-order valence-corrected chi connectivity index (χ4v) is 2.13. The van der Waals surface area contributed by atoms with Gasteiger partial charge in [0.2, 0.25) is 0 Å². The second-order valence-corrected chi connectivity index (χ2v) is 5.15. The number of benzene rings is 2. The largest absolute Gasteiger partial charge is 0.493 e. The van der Waals surface area contributed by atoms with E-state index in [1.54, 1.807) is 24.3 Å². The quantitative estimate of drug-likeness (QED) is 0.333. The van der Waals surface area contributed by atoms with Crippen LogP contribution in [0.3, 0.4) is 0 Å². The van der Waals surface area contributed by atoms with Crippen molar-refractivity contribution in [2.75, 3.05) is 24.9 Å². The van der Waals surface area contributed by atoms with E-state index in [-0.39, 0.29) is 16.9 Å². The minimum Gasteiger partial charge on any atom is -0.493 e. The van der Waals surface area contributed by atoms with Gasteiger partial charge in [0.15, 0.2) is 11.5 Å². The van der Waals surface area contributed by atoms with E-state index in [1.807, 2.05) is 0 Å². The number of carbonyl (C=O) groups is 1. The highest BCUT2D eigenvalue weighted by Gasteiger charge is 2.12. The number of nitrogens with one attached hydrogen (secondary N) is 2. The molecule has 0 unspecified atom stereocenters. The number of anilines is 2. The van der Waals surface area contributed by atoms with Crippen LogP contribution in [0.15, 0.2) is 54.2 Å². The summed E-state index contributed by atoms with van der Waals surface area (Å²) in [7, 11) is 3.00. The van der Waals surface area contributed by atoms with Gasteiger partial charge in [-0.25, -0.2) is 0 Å². The molecule has 2 aromatic rings. The van der Waals surface area contributed by atoms with Gasteiger partial charge in [-0.2, -0.15) is 5.26 Å². The Morgan fingerprint density at radius 3 is 2.52 bits per heavy atom. The van der Waals surface area contributed by atoms with E-state index in [0.717, 1.165) is 0 Å². The summed E-state index contributed by atoms with van der Waals surface area (Å²) in [6, 6.07) is 12.2. The number of nitrogens with zero attached hydrogens (tertiary/aromatic N) is 2. The third kappa shape index (κ3) is 4.96. The molecule has 0 aliphatic heterocycles. The van der Waals surface area contributed by atoms with Crippen LogP contribution >= 0.6 is 0 Å². The third-order valence-corrected chi connectivity index (χ3v) is 3.45. The van der Waals surface area contributed by atoms with Crippen LogP contribution in [0.2, 0.25) is 0 Å². The average Bonchev–Trinajstić information content (AvgIpc) is 2.68. The summed E-state index contributed by atoms with van der Waals surface area (Å²) in [6.07, 6.45) is 1.23. The highest BCUT2D eigenvalue weighted by Crippen LogP contribution is 2.29. The van der Waals surface area contributed by atoms with E-state index in [2.05, 4.69) is 10.6 Å². The first-order chi connectivity index (χ1) is 13.0. The van der Waals surface area contributed by atoms with Gasteiger partial charge in [0.05, 0.1) is 19.1 Å². The molecule has 138 valence electrons.